The first-order chi connectivity index (χ1) is 11.7. The molecule has 2 aromatic carbocycles. The molecule has 1 heterocycles. The van der Waals surface area contributed by atoms with Gasteiger partial charge < -0.3 is 14.8 Å². The first kappa shape index (κ1) is 16.1. The number of carbonyl (C=O) groups is 1. The summed E-state index contributed by atoms with van der Waals surface area (Å²) in [5.41, 5.74) is 1.96. The number of nitrogens with one attached hydrogen (secondary N) is 1. The number of hydrogen-bond acceptors (Lipinski definition) is 3. The maximum absolute atomic E-state index is 12.3. The Balaban J connectivity index is 1.57. The Bertz CT molecular complexity index is 740. The number of ether oxygens (including phenoxy) is 2. The zero-order valence-electron chi connectivity index (χ0n) is 13.3. The minimum Gasteiger partial charge on any atom is -0.491 e. The molecule has 0 bridgehead atoms. The second kappa shape index (κ2) is 7.67. The fourth-order valence-corrected chi connectivity index (χ4v) is 2.56. The Hall–Kier alpha value is -2.77. The highest BCUT2D eigenvalue weighted by molar-refractivity contribution is 6.04. The van der Waals surface area contributed by atoms with Gasteiger partial charge in [-0.15, -0.1) is 6.42 Å². The van der Waals surface area contributed by atoms with Crippen molar-refractivity contribution in [3.05, 3.63) is 59.7 Å². The van der Waals surface area contributed by atoms with Crippen molar-refractivity contribution in [1.82, 2.24) is 0 Å². The molecule has 1 N–H and O–H groups in total. The lowest BCUT2D eigenvalue weighted by molar-refractivity contribution is 0.0679. The van der Waals surface area contributed by atoms with Crippen LogP contribution in [0.3, 0.4) is 0 Å². The molecule has 1 aliphatic rings. The van der Waals surface area contributed by atoms with Crippen molar-refractivity contribution in [3.63, 3.8) is 0 Å². The molecule has 4 heteroatoms. The third-order valence-corrected chi connectivity index (χ3v) is 3.86. The minimum absolute atomic E-state index is 0.177. The Morgan fingerprint density at radius 2 is 2.12 bits per heavy atom. The molecule has 122 valence electrons. The standard InChI is InChI=1S/C20H19NO3/c1-2-15-5-3-6-17(13-15)21-20(22)16-8-10-18(11-9-16)24-14-19-7-4-12-23-19/h1,3,5-6,8-11,13,19H,4,7,12,14H2,(H,21,22)/t19-/m1/s1. The van der Waals surface area contributed by atoms with E-state index in [2.05, 4.69) is 11.2 Å². The SMILES string of the molecule is C#Cc1cccc(NC(=O)c2ccc(OC[C@H]3CCCO3)cc2)c1. The fourth-order valence-electron chi connectivity index (χ4n) is 2.56. The van der Waals surface area contributed by atoms with E-state index in [4.69, 9.17) is 15.9 Å². The molecule has 4 nitrogen and oxygen atoms in total. The molecule has 0 saturated carbocycles. The summed E-state index contributed by atoms with van der Waals surface area (Å²) in [6.45, 7) is 1.36. The second-order valence-corrected chi connectivity index (χ2v) is 5.65. The molecule has 1 aliphatic heterocycles. The predicted molar refractivity (Wildman–Crippen MR) is 93.2 cm³/mol. The van der Waals surface area contributed by atoms with Crippen LogP contribution in [0.15, 0.2) is 48.5 Å². The van der Waals surface area contributed by atoms with Crippen LogP contribution in [0.4, 0.5) is 5.69 Å². The van der Waals surface area contributed by atoms with Crippen LogP contribution in [0, 0.1) is 12.3 Å². The highest BCUT2D eigenvalue weighted by Crippen LogP contribution is 2.17. The number of carbonyl (C=O) groups excluding carboxylic acids is 1. The van der Waals surface area contributed by atoms with Crippen LogP contribution >= 0.6 is 0 Å². The number of amides is 1. The third kappa shape index (κ3) is 4.15. The van der Waals surface area contributed by atoms with E-state index in [0.29, 0.717) is 17.9 Å². The van der Waals surface area contributed by atoms with E-state index < -0.39 is 0 Å². The van der Waals surface area contributed by atoms with Crippen LogP contribution in [0.5, 0.6) is 5.75 Å². The summed E-state index contributed by atoms with van der Waals surface area (Å²) >= 11 is 0. The van der Waals surface area contributed by atoms with Gasteiger partial charge in [-0.25, -0.2) is 0 Å². The Morgan fingerprint density at radius 3 is 2.83 bits per heavy atom. The summed E-state index contributed by atoms with van der Waals surface area (Å²) < 4.78 is 11.2. The van der Waals surface area contributed by atoms with E-state index >= 15 is 0 Å². The van der Waals surface area contributed by atoms with Crippen LogP contribution in [0.1, 0.15) is 28.8 Å². The number of hydrogen-bond donors (Lipinski definition) is 1. The van der Waals surface area contributed by atoms with Crippen LogP contribution in [-0.4, -0.2) is 25.2 Å². The molecule has 0 spiro atoms. The van der Waals surface area contributed by atoms with Gasteiger partial charge in [-0.3, -0.25) is 4.79 Å². The van der Waals surface area contributed by atoms with Crippen molar-refractivity contribution < 1.29 is 14.3 Å². The summed E-state index contributed by atoms with van der Waals surface area (Å²) in [6, 6.07) is 14.3. The third-order valence-electron chi connectivity index (χ3n) is 3.86. The minimum atomic E-state index is -0.185. The summed E-state index contributed by atoms with van der Waals surface area (Å²) in [5.74, 6) is 3.09. The Kier molecular flexibility index (Phi) is 5.15. The van der Waals surface area contributed by atoms with E-state index in [1.165, 1.54) is 0 Å². The largest absolute Gasteiger partial charge is 0.491 e. The van der Waals surface area contributed by atoms with E-state index in [0.717, 1.165) is 30.8 Å². The van der Waals surface area contributed by atoms with Gasteiger partial charge in [0, 0.05) is 23.4 Å². The molecule has 1 fully saturated rings. The van der Waals surface area contributed by atoms with Gasteiger partial charge in [0.2, 0.25) is 0 Å². The lowest BCUT2D eigenvalue weighted by atomic mass is 10.1. The van der Waals surface area contributed by atoms with Crippen molar-refractivity contribution in [1.29, 1.82) is 0 Å². The molecule has 0 unspecified atom stereocenters. The van der Waals surface area contributed by atoms with E-state index in [1.807, 2.05) is 12.1 Å². The smallest absolute Gasteiger partial charge is 0.255 e. The van der Waals surface area contributed by atoms with E-state index in [-0.39, 0.29) is 12.0 Å². The van der Waals surface area contributed by atoms with Gasteiger partial charge in [0.05, 0.1) is 6.10 Å². The molecule has 1 amide bonds. The highest BCUT2D eigenvalue weighted by atomic mass is 16.5. The molecular weight excluding hydrogens is 302 g/mol. The fraction of sp³-hybridized carbons (Fsp3) is 0.250. The van der Waals surface area contributed by atoms with Gasteiger partial charge in [-0.1, -0.05) is 12.0 Å². The summed E-state index contributed by atoms with van der Waals surface area (Å²) in [5, 5.41) is 2.83. The molecular formula is C20H19NO3. The number of terminal acetylenes is 1. The maximum Gasteiger partial charge on any atom is 0.255 e. The Labute approximate surface area is 141 Å². The molecule has 1 saturated heterocycles. The predicted octanol–water partition coefficient (Wildman–Crippen LogP) is 3.48. The molecule has 2 aromatic rings. The normalized spacial score (nSPS) is 16.4. The van der Waals surface area contributed by atoms with Crippen molar-refractivity contribution >= 4 is 11.6 Å². The Morgan fingerprint density at radius 1 is 1.29 bits per heavy atom. The van der Waals surface area contributed by atoms with Crippen molar-refractivity contribution in [2.24, 2.45) is 0 Å². The zero-order chi connectivity index (χ0) is 16.8. The lowest BCUT2D eigenvalue weighted by Gasteiger charge is -2.12. The summed E-state index contributed by atoms with van der Waals surface area (Å²) in [6.07, 6.45) is 7.67. The van der Waals surface area contributed by atoms with Crippen LogP contribution in [0.2, 0.25) is 0 Å². The van der Waals surface area contributed by atoms with Crippen molar-refractivity contribution in [3.8, 4) is 18.1 Å². The number of rotatable bonds is 5. The first-order valence-electron chi connectivity index (χ1n) is 7.97. The van der Waals surface area contributed by atoms with Crippen molar-refractivity contribution in [2.75, 3.05) is 18.5 Å². The molecule has 3 rings (SSSR count). The monoisotopic (exact) mass is 321 g/mol. The summed E-state index contributed by atoms with van der Waals surface area (Å²) in [7, 11) is 0. The van der Waals surface area contributed by atoms with E-state index in [1.54, 1.807) is 36.4 Å². The van der Waals surface area contributed by atoms with Crippen LogP contribution in [-0.2, 0) is 4.74 Å². The topological polar surface area (TPSA) is 47.6 Å². The first-order valence-corrected chi connectivity index (χ1v) is 7.97. The average molecular weight is 321 g/mol. The van der Waals surface area contributed by atoms with Gasteiger partial charge in [-0.2, -0.15) is 0 Å². The lowest BCUT2D eigenvalue weighted by Crippen LogP contribution is -2.16. The van der Waals surface area contributed by atoms with E-state index in [9.17, 15) is 4.79 Å². The number of anilines is 1. The van der Waals surface area contributed by atoms with Gasteiger partial charge in [-0.05, 0) is 55.3 Å². The maximum atomic E-state index is 12.3. The van der Waals surface area contributed by atoms with Crippen LogP contribution in [0.25, 0.3) is 0 Å². The molecule has 0 aromatic heterocycles. The molecule has 0 radical (unpaired) electrons. The summed E-state index contributed by atoms with van der Waals surface area (Å²) in [4.78, 5) is 12.3. The molecule has 0 aliphatic carbocycles. The zero-order valence-corrected chi connectivity index (χ0v) is 13.3. The van der Waals surface area contributed by atoms with Gasteiger partial charge >= 0.3 is 0 Å². The van der Waals surface area contributed by atoms with Crippen LogP contribution < -0.4 is 10.1 Å². The van der Waals surface area contributed by atoms with Gasteiger partial charge in [0.15, 0.2) is 0 Å². The quantitative estimate of drug-likeness (QED) is 0.858. The molecule has 1 atom stereocenters. The molecule has 24 heavy (non-hydrogen) atoms. The van der Waals surface area contributed by atoms with Gasteiger partial charge in [0.1, 0.15) is 12.4 Å². The van der Waals surface area contributed by atoms with Gasteiger partial charge in [0.25, 0.3) is 5.91 Å². The highest BCUT2D eigenvalue weighted by Gasteiger charge is 2.16. The number of benzene rings is 2. The average Bonchev–Trinajstić information content (AvgIpc) is 3.14. The second-order valence-electron chi connectivity index (χ2n) is 5.65. The van der Waals surface area contributed by atoms with Crippen molar-refractivity contribution in [2.45, 2.75) is 18.9 Å².